The summed E-state index contributed by atoms with van der Waals surface area (Å²) in [4.78, 5) is 28.2. The monoisotopic (exact) mass is 442 g/mol. The summed E-state index contributed by atoms with van der Waals surface area (Å²) in [7, 11) is 3.12. The molecule has 3 aromatic rings. The van der Waals surface area contributed by atoms with Crippen molar-refractivity contribution < 1.29 is 19.1 Å². The first-order valence-corrected chi connectivity index (χ1v) is 10.7. The third-order valence-corrected chi connectivity index (χ3v) is 5.64. The summed E-state index contributed by atoms with van der Waals surface area (Å²) in [6, 6.07) is 22.6. The van der Waals surface area contributed by atoms with Crippen LogP contribution in [0.4, 0.5) is 5.69 Å². The van der Waals surface area contributed by atoms with Crippen LogP contribution in [0.3, 0.4) is 0 Å². The molecule has 1 heterocycles. The summed E-state index contributed by atoms with van der Waals surface area (Å²) >= 11 is 0. The van der Waals surface area contributed by atoms with Crippen LogP contribution >= 0.6 is 0 Å². The molecule has 0 spiro atoms. The van der Waals surface area contributed by atoms with Crippen molar-refractivity contribution in [2.75, 3.05) is 26.1 Å². The standard InChI is InChI=1S/C27H26N2O4/c1-18-9-11-20(12-10-18)24-25(28-22-17-21(32-2)13-14-23(22)33-3)27(31)29(26(24)30)16-15-19-7-5-4-6-8-19/h4-14,17,28H,15-16H2,1-3H3. The van der Waals surface area contributed by atoms with Crippen molar-refractivity contribution >= 4 is 23.1 Å². The number of amides is 2. The molecular weight excluding hydrogens is 416 g/mol. The summed E-state index contributed by atoms with van der Waals surface area (Å²) in [6.45, 7) is 2.27. The number of methoxy groups -OCH3 is 2. The van der Waals surface area contributed by atoms with E-state index in [1.54, 1.807) is 32.4 Å². The molecule has 0 fully saturated rings. The maximum absolute atomic E-state index is 13.5. The summed E-state index contributed by atoms with van der Waals surface area (Å²) < 4.78 is 10.8. The number of nitrogens with one attached hydrogen (secondary N) is 1. The topological polar surface area (TPSA) is 67.9 Å². The molecule has 0 aliphatic carbocycles. The third kappa shape index (κ3) is 4.60. The molecule has 1 aliphatic rings. The van der Waals surface area contributed by atoms with Gasteiger partial charge in [-0.05, 0) is 36.6 Å². The van der Waals surface area contributed by atoms with E-state index < -0.39 is 0 Å². The lowest BCUT2D eigenvalue weighted by Crippen LogP contribution is -2.34. The summed E-state index contributed by atoms with van der Waals surface area (Å²) in [6.07, 6.45) is 0.579. The van der Waals surface area contributed by atoms with Gasteiger partial charge in [-0.3, -0.25) is 14.5 Å². The highest BCUT2D eigenvalue weighted by atomic mass is 16.5. The molecule has 0 radical (unpaired) electrons. The van der Waals surface area contributed by atoms with Crippen LogP contribution in [0, 0.1) is 6.92 Å². The van der Waals surface area contributed by atoms with Crippen LogP contribution in [0.1, 0.15) is 16.7 Å². The van der Waals surface area contributed by atoms with Crippen LogP contribution in [0.5, 0.6) is 11.5 Å². The predicted octanol–water partition coefficient (Wildman–Crippen LogP) is 4.45. The molecule has 6 heteroatoms. The van der Waals surface area contributed by atoms with Gasteiger partial charge in [-0.1, -0.05) is 60.2 Å². The average molecular weight is 443 g/mol. The quantitative estimate of drug-likeness (QED) is 0.522. The Morgan fingerprint density at radius 2 is 1.58 bits per heavy atom. The molecule has 1 aliphatic heterocycles. The van der Waals surface area contributed by atoms with Crippen molar-refractivity contribution in [2.45, 2.75) is 13.3 Å². The number of benzene rings is 3. The first-order valence-electron chi connectivity index (χ1n) is 10.7. The van der Waals surface area contributed by atoms with Crippen LogP contribution in [0.15, 0.2) is 78.5 Å². The summed E-state index contributed by atoms with van der Waals surface area (Å²) in [5.41, 5.74) is 3.93. The third-order valence-electron chi connectivity index (χ3n) is 5.64. The zero-order chi connectivity index (χ0) is 23.4. The van der Waals surface area contributed by atoms with E-state index in [2.05, 4.69) is 5.32 Å². The van der Waals surface area contributed by atoms with Gasteiger partial charge in [-0.2, -0.15) is 0 Å². The van der Waals surface area contributed by atoms with Gasteiger partial charge in [-0.15, -0.1) is 0 Å². The Labute approximate surface area is 193 Å². The first-order chi connectivity index (χ1) is 16.0. The number of rotatable bonds is 8. The molecule has 2 amide bonds. The Balaban J connectivity index is 1.72. The highest BCUT2D eigenvalue weighted by Crippen LogP contribution is 2.35. The van der Waals surface area contributed by atoms with Gasteiger partial charge in [-0.25, -0.2) is 0 Å². The normalized spacial score (nSPS) is 13.5. The molecule has 4 rings (SSSR count). The minimum absolute atomic E-state index is 0.225. The van der Waals surface area contributed by atoms with Gasteiger partial charge in [0.2, 0.25) is 0 Å². The molecule has 0 bridgehead atoms. The number of hydrogen-bond acceptors (Lipinski definition) is 5. The van der Waals surface area contributed by atoms with E-state index in [1.807, 2.05) is 61.5 Å². The number of aryl methyl sites for hydroxylation is 1. The second-order valence-electron chi connectivity index (χ2n) is 7.80. The fourth-order valence-corrected chi connectivity index (χ4v) is 3.82. The summed E-state index contributed by atoms with van der Waals surface area (Å²) in [5, 5.41) is 3.17. The van der Waals surface area contributed by atoms with E-state index >= 15 is 0 Å². The molecule has 0 atom stereocenters. The van der Waals surface area contributed by atoms with Crippen LogP contribution < -0.4 is 14.8 Å². The van der Waals surface area contributed by atoms with Crippen molar-refractivity contribution in [1.29, 1.82) is 0 Å². The minimum Gasteiger partial charge on any atom is -0.497 e. The molecule has 3 aromatic carbocycles. The van der Waals surface area contributed by atoms with Gasteiger partial charge < -0.3 is 14.8 Å². The molecule has 1 N–H and O–H groups in total. The van der Waals surface area contributed by atoms with E-state index in [1.165, 1.54) is 4.90 Å². The van der Waals surface area contributed by atoms with Crippen molar-refractivity contribution in [3.05, 3.63) is 95.2 Å². The summed E-state index contributed by atoms with van der Waals surface area (Å²) in [5.74, 6) is 0.462. The molecule has 0 saturated carbocycles. The molecule has 6 nitrogen and oxygen atoms in total. The van der Waals surface area contributed by atoms with Crippen LogP contribution in [0.2, 0.25) is 0 Å². The molecule has 0 unspecified atom stereocenters. The Bertz CT molecular complexity index is 1200. The van der Waals surface area contributed by atoms with Crippen molar-refractivity contribution in [1.82, 2.24) is 4.90 Å². The number of anilines is 1. The number of carbonyl (C=O) groups is 2. The molecule has 33 heavy (non-hydrogen) atoms. The lowest BCUT2D eigenvalue weighted by atomic mass is 10.0. The Kier molecular flexibility index (Phi) is 6.45. The van der Waals surface area contributed by atoms with E-state index in [-0.39, 0.29) is 24.1 Å². The molecule has 0 aromatic heterocycles. The number of carbonyl (C=O) groups excluding carboxylic acids is 2. The van der Waals surface area contributed by atoms with E-state index in [9.17, 15) is 9.59 Å². The first kappa shape index (κ1) is 22.1. The fraction of sp³-hybridized carbons (Fsp3) is 0.185. The highest BCUT2D eigenvalue weighted by molar-refractivity contribution is 6.36. The van der Waals surface area contributed by atoms with Crippen molar-refractivity contribution in [2.24, 2.45) is 0 Å². The number of ether oxygens (including phenoxy) is 2. The zero-order valence-corrected chi connectivity index (χ0v) is 18.9. The maximum Gasteiger partial charge on any atom is 0.278 e. The van der Waals surface area contributed by atoms with Gasteiger partial charge in [0.1, 0.15) is 17.2 Å². The van der Waals surface area contributed by atoms with Gasteiger partial charge in [0.05, 0.1) is 25.5 Å². The Morgan fingerprint density at radius 1 is 0.848 bits per heavy atom. The largest absolute Gasteiger partial charge is 0.497 e. The second kappa shape index (κ2) is 9.61. The van der Waals surface area contributed by atoms with Crippen molar-refractivity contribution in [3.63, 3.8) is 0 Å². The molecular formula is C27H26N2O4. The van der Waals surface area contributed by atoms with E-state index in [0.717, 1.165) is 11.1 Å². The predicted molar refractivity (Wildman–Crippen MR) is 128 cm³/mol. The zero-order valence-electron chi connectivity index (χ0n) is 18.9. The lowest BCUT2D eigenvalue weighted by Gasteiger charge is -2.16. The number of imide groups is 1. The van der Waals surface area contributed by atoms with Gasteiger partial charge in [0.25, 0.3) is 11.8 Å². The highest BCUT2D eigenvalue weighted by Gasteiger charge is 2.39. The lowest BCUT2D eigenvalue weighted by molar-refractivity contribution is -0.136. The number of hydrogen-bond donors (Lipinski definition) is 1. The SMILES string of the molecule is COc1ccc(OC)c(NC2=C(c3ccc(C)cc3)C(=O)N(CCc3ccccc3)C2=O)c1. The Hall–Kier alpha value is -4.06. The second-order valence-corrected chi connectivity index (χ2v) is 7.80. The van der Waals surface area contributed by atoms with Gasteiger partial charge in [0, 0.05) is 12.6 Å². The van der Waals surface area contributed by atoms with E-state index in [0.29, 0.717) is 34.7 Å². The Morgan fingerprint density at radius 3 is 2.24 bits per heavy atom. The fourth-order valence-electron chi connectivity index (χ4n) is 3.82. The van der Waals surface area contributed by atoms with Crippen molar-refractivity contribution in [3.8, 4) is 11.5 Å². The molecule has 0 saturated heterocycles. The average Bonchev–Trinajstić information content (AvgIpc) is 3.07. The van der Waals surface area contributed by atoms with Gasteiger partial charge >= 0.3 is 0 Å². The van der Waals surface area contributed by atoms with Crippen LogP contribution in [0.25, 0.3) is 5.57 Å². The van der Waals surface area contributed by atoms with Crippen LogP contribution in [-0.2, 0) is 16.0 Å². The number of nitrogens with zero attached hydrogens (tertiary/aromatic N) is 1. The smallest absolute Gasteiger partial charge is 0.278 e. The molecule has 168 valence electrons. The minimum atomic E-state index is -0.364. The maximum atomic E-state index is 13.5. The van der Waals surface area contributed by atoms with Gasteiger partial charge in [0.15, 0.2) is 0 Å². The van der Waals surface area contributed by atoms with Crippen LogP contribution in [-0.4, -0.2) is 37.5 Å². The van der Waals surface area contributed by atoms with E-state index in [4.69, 9.17) is 9.47 Å².